The Balaban J connectivity index is 1.75. The summed E-state index contributed by atoms with van der Waals surface area (Å²) < 4.78 is 5.63. The maximum absolute atomic E-state index is 9.82. The number of hydrogen-bond donors (Lipinski definition) is 1. The molecule has 0 saturated carbocycles. The van der Waals surface area contributed by atoms with Crippen LogP contribution in [-0.2, 0) is 4.74 Å². The van der Waals surface area contributed by atoms with E-state index in [1.165, 1.54) is 10.4 Å². The number of anilines is 1. The fourth-order valence-electron chi connectivity index (χ4n) is 3.34. The molecule has 0 spiro atoms. The number of thiophene rings is 1. The van der Waals surface area contributed by atoms with E-state index in [1.807, 2.05) is 25.1 Å². The number of ether oxygens (including phenoxy) is 1. The van der Waals surface area contributed by atoms with Crippen molar-refractivity contribution in [2.75, 3.05) is 24.7 Å². The molecule has 1 saturated heterocycles. The van der Waals surface area contributed by atoms with Gasteiger partial charge in [0, 0.05) is 11.4 Å². The van der Waals surface area contributed by atoms with Gasteiger partial charge in [-0.1, -0.05) is 30.3 Å². The van der Waals surface area contributed by atoms with Gasteiger partial charge in [0.1, 0.15) is 17.0 Å². The zero-order valence-electron chi connectivity index (χ0n) is 14.1. The van der Waals surface area contributed by atoms with Crippen LogP contribution in [0.4, 0.5) is 5.82 Å². The van der Waals surface area contributed by atoms with Gasteiger partial charge < -0.3 is 14.7 Å². The van der Waals surface area contributed by atoms with Gasteiger partial charge >= 0.3 is 0 Å². The van der Waals surface area contributed by atoms with Crippen LogP contribution in [0.15, 0.2) is 42.7 Å². The Bertz CT molecular complexity index is 850. The molecule has 2 atom stereocenters. The maximum Gasteiger partial charge on any atom is 0.141 e. The molecule has 1 aliphatic rings. The highest BCUT2D eigenvalue weighted by Crippen LogP contribution is 2.37. The number of benzene rings is 1. The van der Waals surface area contributed by atoms with Gasteiger partial charge in [0.15, 0.2) is 0 Å². The van der Waals surface area contributed by atoms with E-state index in [1.54, 1.807) is 17.7 Å². The highest BCUT2D eigenvalue weighted by atomic mass is 32.1. The van der Waals surface area contributed by atoms with Gasteiger partial charge in [-0.25, -0.2) is 9.97 Å². The number of hydrogen-bond acceptors (Lipinski definition) is 6. The molecule has 1 fully saturated rings. The lowest BCUT2D eigenvalue weighted by molar-refractivity contribution is 0.0719. The first-order valence-electron chi connectivity index (χ1n) is 8.55. The monoisotopic (exact) mass is 355 g/mol. The second-order valence-electron chi connectivity index (χ2n) is 6.40. The van der Waals surface area contributed by atoms with E-state index >= 15 is 0 Å². The van der Waals surface area contributed by atoms with Gasteiger partial charge in [0.05, 0.1) is 30.7 Å². The van der Waals surface area contributed by atoms with E-state index in [0.717, 1.165) is 22.6 Å². The largest absolute Gasteiger partial charge is 0.393 e. The third-order valence-electron chi connectivity index (χ3n) is 4.48. The summed E-state index contributed by atoms with van der Waals surface area (Å²) in [4.78, 5) is 13.5. The molecular formula is C19H21N3O2S. The van der Waals surface area contributed by atoms with Crippen molar-refractivity contribution >= 4 is 27.4 Å². The number of aliphatic hydroxyl groups is 1. The average Bonchev–Trinajstić information content (AvgIpc) is 3.07. The summed E-state index contributed by atoms with van der Waals surface area (Å²) in [6, 6.07) is 12.7. The number of fused-ring (bicyclic) bond motifs is 1. The van der Waals surface area contributed by atoms with Crippen molar-refractivity contribution in [1.82, 2.24) is 9.97 Å². The smallest absolute Gasteiger partial charge is 0.141 e. The molecule has 1 N–H and O–H groups in total. The normalized spacial score (nSPS) is 19.3. The molecule has 25 heavy (non-hydrogen) atoms. The average molecular weight is 355 g/mol. The van der Waals surface area contributed by atoms with E-state index in [9.17, 15) is 5.11 Å². The van der Waals surface area contributed by atoms with Gasteiger partial charge in [-0.3, -0.25) is 0 Å². The first-order chi connectivity index (χ1) is 12.2. The summed E-state index contributed by atoms with van der Waals surface area (Å²) in [5, 5.41) is 10.9. The Morgan fingerprint density at radius 3 is 2.96 bits per heavy atom. The van der Waals surface area contributed by atoms with Gasteiger partial charge in [-0.15, -0.1) is 11.3 Å². The molecule has 3 aromatic rings. The van der Waals surface area contributed by atoms with Crippen molar-refractivity contribution < 1.29 is 9.84 Å². The molecule has 2 unspecified atom stereocenters. The summed E-state index contributed by atoms with van der Waals surface area (Å²) in [5.41, 5.74) is 1.19. The van der Waals surface area contributed by atoms with E-state index in [0.29, 0.717) is 19.6 Å². The lowest BCUT2D eigenvalue weighted by Crippen LogP contribution is -2.47. The number of nitrogens with zero attached hydrogens (tertiary/aromatic N) is 3. The molecule has 5 nitrogen and oxygen atoms in total. The molecule has 3 heterocycles. The van der Waals surface area contributed by atoms with Crippen LogP contribution >= 0.6 is 11.3 Å². The third kappa shape index (κ3) is 3.38. The highest BCUT2D eigenvalue weighted by Gasteiger charge is 2.27. The molecule has 0 aliphatic carbocycles. The van der Waals surface area contributed by atoms with Crippen molar-refractivity contribution in [1.29, 1.82) is 0 Å². The third-order valence-corrected chi connectivity index (χ3v) is 5.57. The lowest BCUT2D eigenvalue weighted by atomic mass is 10.1. The van der Waals surface area contributed by atoms with Crippen molar-refractivity contribution in [3.05, 3.63) is 42.7 Å². The van der Waals surface area contributed by atoms with E-state index in [4.69, 9.17) is 4.74 Å². The van der Waals surface area contributed by atoms with Crippen LogP contribution in [0.1, 0.15) is 13.3 Å². The highest BCUT2D eigenvalue weighted by molar-refractivity contribution is 7.21. The summed E-state index contributed by atoms with van der Waals surface area (Å²) in [7, 11) is 0. The summed E-state index contributed by atoms with van der Waals surface area (Å²) in [5.74, 6) is 0.942. The minimum atomic E-state index is -0.367. The van der Waals surface area contributed by atoms with E-state index < -0.39 is 0 Å². The SMILES string of the molecule is CC(O)CC1COCCN1c1ncnc2sc(-c3ccccc3)cc12. The van der Waals surface area contributed by atoms with Crippen molar-refractivity contribution in [2.45, 2.75) is 25.5 Å². The molecule has 0 bridgehead atoms. The predicted molar refractivity (Wildman–Crippen MR) is 101 cm³/mol. The number of aromatic nitrogens is 2. The quantitative estimate of drug-likeness (QED) is 0.778. The topological polar surface area (TPSA) is 58.5 Å². The molecule has 6 heteroatoms. The first kappa shape index (κ1) is 16.4. The summed E-state index contributed by atoms with van der Waals surface area (Å²) in [6.07, 6.45) is 1.94. The Morgan fingerprint density at radius 2 is 2.16 bits per heavy atom. The predicted octanol–water partition coefficient (Wildman–Crippen LogP) is 3.33. The van der Waals surface area contributed by atoms with Crippen LogP contribution in [0.5, 0.6) is 0 Å². The van der Waals surface area contributed by atoms with Gasteiger partial charge in [0.2, 0.25) is 0 Å². The fraction of sp³-hybridized carbons (Fsp3) is 0.368. The molecule has 0 amide bonds. The summed E-state index contributed by atoms with van der Waals surface area (Å²) >= 11 is 1.69. The second kappa shape index (κ2) is 7.07. The summed E-state index contributed by atoms with van der Waals surface area (Å²) in [6.45, 7) is 3.89. The number of rotatable bonds is 4. The minimum absolute atomic E-state index is 0.131. The molecule has 1 aromatic carbocycles. The zero-order chi connectivity index (χ0) is 17.2. The molecule has 130 valence electrons. The van der Waals surface area contributed by atoms with E-state index in [2.05, 4.69) is 33.1 Å². The lowest BCUT2D eigenvalue weighted by Gasteiger charge is -2.37. The first-order valence-corrected chi connectivity index (χ1v) is 9.36. The Kier molecular flexibility index (Phi) is 4.65. The van der Waals surface area contributed by atoms with Gasteiger partial charge in [-0.2, -0.15) is 0 Å². The maximum atomic E-state index is 9.82. The van der Waals surface area contributed by atoms with Crippen LogP contribution in [0.25, 0.3) is 20.7 Å². The molecule has 0 radical (unpaired) electrons. The van der Waals surface area contributed by atoms with Crippen LogP contribution in [0.2, 0.25) is 0 Å². The molecule has 2 aromatic heterocycles. The molecule has 4 rings (SSSR count). The Labute approximate surface area is 150 Å². The van der Waals surface area contributed by atoms with Crippen molar-refractivity contribution in [3.63, 3.8) is 0 Å². The zero-order valence-corrected chi connectivity index (χ0v) is 14.9. The van der Waals surface area contributed by atoms with Crippen molar-refractivity contribution in [2.24, 2.45) is 0 Å². The van der Waals surface area contributed by atoms with Crippen LogP contribution in [0.3, 0.4) is 0 Å². The number of aliphatic hydroxyl groups excluding tert-OH is 1. The van der Waals surface area contributed by atoms with Gasteiger partial charge in [0.25, 0.3) is 0 Å². The molecular weight excluding hydrogens is 334 g/mol. The molecule has 1 aliphatic heterocycles. The Hall–Kier alpha value is -2.02. The Morgan fingerprint density at radius 1 is 1.32 bits per heavy atom. The van der Waals surface area contributed by atoms with Crippen LogP contribution < -0.4 is 4.90 Å². The minimum Gasteiger partial charge on any atom is -0.393 e. The second-order valence-corrected chi connectivity index (χ2v) is 7.43. The fourth-order valence-corrected chi connectivity index (χ4v) is 4.34. The standard InChI is InChI=1S/C19H21N3O2S/c1-13(23)9-15-11-24-8-7-22(15)18-16-10-17(14-5-3-2-4-6-14)25-19(16)21-12-20-18/h2-6,10,12-13,15,23H,7-9,11H2,1H3. The van der Waals surface area contributed by atoms with Crippen LogP contribution in [-0.4, -0.2) is 47.0 Å². The van der Waals surface area contributed by atoms with Crippen molar-refractivity contribution in [3.8, 4) is 10.4 Å². The van der Waals surface area contributed by atoms with Crippen LogP contribution in [0, 0.1) is 0 Å². The van der Waals surface area contributed by atoms with E-state index in [-0.39, 0.29) is 12.1 Å². The van der Waals surface area contributed by atoms with Gasteiger partial charge in [-0.05, 0) is 25.0 Å². The number of morpholine rings is 1.